The van der Waals surface area contributed by atoms with Gasteiger partial charge in [-0.1, -0.05) is 17.7 Å². The number of nitrogens with two attached hydrogens (primary N) is 1. The van der Waals surface area contributed by atoms with Gasteiger partial charge in [-0.2, -0.15) is 0 Å². The molecule has 24 heavy (non-hydrogen) atoms. The van der Waals surface area contributed by atoms with Crippen LogP contribution in [0.25, 0.3) is 11.1 Å². The van der Waals surface area contributed by atoms with Gasteiger partial charge in [0, 0.05) is 17.5 Å². The molecule has 2 heterocycles. The molecule has 5 heteroatoms. The maximum Gasteiger partial charge on any atom is 0.185 e. The smallest absolute Gasteiger partial charge is 0.185 e. The van der Waals surface area contributed by atoms with Crippen molar-refractivity contribution < 1.29 is 9.13 Å². The number of halogens is 1. The maximum absolute atomic E-state index is 14.3. The summed E-state index contributed by atoms with van der Waals surface area (Å²) >= 11 is 0. The molecular weight excluding hydrogens is 305 g/mol. The van der Waals surface area contributed by atoms with Crippen molar-refractivity contribution in [3.63, 3.8) is 0 Å². The van der Waals surface area contributed by atoms with Crippen molar-refractivity contribution in [2.45, 2.75) is 25.9 Å². The van der Waals surface area contributed by atoms with E-state index in [1.807, 2.05) is 38.1 Å². The van der Waals surface area contributed by atoms with Crippen LogP contribution in [0.1, 0.15) is 24.5 Å². The predicted octanol–water partition coefficient (Wildman–Crippen LogP) is 3.57. The van der Waals surface area contributed by atoms with Crippen LogP contribution in [0.3, 0.4) is 0 Å². The summed E-state index contributed by atoms with van der Waals surface area (Å²) in [6.45, 7) is 4.33. The van der Waals surface area contributed by atoms with Gasteiger partial charge in [0.2, 0.25) is 0 Å². The first-order valence-corrected chi connectivity index (χ1v) is 7.94. The fourth-order valence-electron chi connectivity index (χ4n) is 3.31. The summed E-state index contributed by atoms with van der Waals surface area (Å²) in [5.74, 6) is 0.934. The zero-order chi connectivity index (χ0) is 16.9. The minimum absolute atomic E-state index is 0.250. The van der Waals surface area contributed by atoms with Gasteiger partial charge in [0.05, 0.1) is 12.3 Å². The summed E-state index contributed by atoms with van der Waals surface area (Å²) in [7, 11) is 0. The van der Waals surface area contributed by atoms with E-state index in [1.54, 1.807) is 6.07 Å². The van der Waals surface area contributed by atoms with Crippen molar-refractivity contribution in [2.24, 2.45) is 15.7 Å². The average Bonchev–Trinajstić information content (AvgIpc) is 2.85. The Morgan fingerprint density at radius 1 is 1.12 bits per heavy atom. The van der Waals surface area contributed by atoms with Crippen LogP contribution in [0.15, 0.2) is 46.4 Å². The van der Waals surface area contributed by atoms with Gasteiger partial charge in [-0.15, -0.1) is 0 Å². The first kappa shape index (κ1) is 14.9. The van der Waals surface area contributed by atoms with Crippen LogP contribution in [-0.4, -0.2) is 18.2 Å². The van der Waals surface area contributed by atoms with Crippen molar-refractivity contribution in [1.29, 1.82) is 0 Å². The normalized spacial score (nSPS) is 22.0. The molecule has 0 amide bonds. The van der Waals surface area contributed by atoms with E-state index in [-0.39, 0.29) is 5.82 Å². The molecule has 2 aromatic carbocycles. The average molecular weight is 323 g/mol. The number of nitrogens with zero attached hydrogens (tertiary/aromatic N) is 2. The van der Waals surface area contributed by atoms with Gasteiger partial charge >= 0.3 is 0 Å². The number of amidine groups is 1. The number of rotatable bonds is 1. The molecule has 4 rings (SSSR count). The van der Waals surface area contributed by atoms with E-state index in [0.29, 0.717) is 24.4 Å². The molecule has 4 nitrogen and oxygen atoms in total. The summed E-state index contributed by atoms with van der Waals surface area (Å²) in [4.78, 5) is 9.28. The molecule has 122 valence electrons. The SMILES string of the molecule is CC1=NC2(CCOc3ccc(-c4cc(C)ccc4F)cc32)N=C1N. The molecule has 2 aliphatic heterocycles. The van der Waals surface area contributed by atoms with Crippen molar-refractivity contribution in [3.8, 4) is 16.9 Å². The van der Waals surface area contributed by atoms with E-state index in [2.05, 4.69) is 4.99 Å². The fraction of sp³-hybridized carbons (Fsp3) is 0.263. The Hall–Kier alpha value is -2.69. The van der Waals surface area contributed by atoms with Crippen LogP contribution in [-0.2, 0) is 5.66 Å². The Morgan fingerprint density at radius 3 is 2.71 bits per heavy atom. The van der Waals surface area contributed by atoms with Gasteiger partial charge < -0.3 is 10.5 Å². The maximum atomic E-state index is 14.3. The second-order valence-electron chi connectivity index (χ2n) is 6.30. The zero-order valence-electron chi connectivity index (χ0n) is 13.6. The highest BCUT2D eigenvalue weighted by molar-refractivity contribution is 6.41. The number of aliphatic imine (C=N–C) groups is 2. The van der Waals surface area contributed by atoms with Crippen LogP contribution in [0.5, 0.6) is 5.75 Å². The Bertz CT molecular complexity index is 883. The van der Waals surface area contributed by atoms with Gasteiger partial charge in [-0.3, -0.25) is 4.99 Å². The van der Waals surface area contributed by atoms with Crippen molar-refractivity contribution >= 4 is 11.5 Å². The summed E-state index contributed by atoms with van der Waals surface area (Å²) in [5, 5.41) is 0. The van der Waals surface area contributed by atoms with Crippen LogP contribution in [0.2, 0.25) is 0 Å². The highest BCUT2D eigenvalue weighted by atomic mass is 19.1. The predicted molar refractivity (Wildman–Crippen MR) is 93.1 cm³/mol. The quantitative estimate of drug-likeness (QED) is 0.872. The molecular formula is C19H18FN3O. The molecule has 1 unspecified atom stereocenters. The summed E-state index contributed by atoms with van der Waals surface area (Å²) < 4.78 is 20.0. The van der Waals surface area contributed by atoms with Crippen LogP contribution in [0.4, 0.5) is 4.39 Å². The number of hydrogen-bond donors (Lipinski definition) is 1. The lowest BCUT2D eigenvalue weighted by atomic mass is 9.90. The molecule has 1 atom stereocenters. The standard InChI is InChI=1S/C19H18FN3O/c1-11-3-5-16(20)14(9-11)13-4-6-17-15(10-13)19(7-8-24-17)22-12(2)18(21)23-19/h3-6,9-10H,7-8H2,1-2H3,(H2,21,23). The molecule has 0 saturated carbocycles. The highest BCUT2D eigenvalue weighted by Crippen LogP contribution is 2.45. The van der Waals surface area contributed by atoms with Gasteiger partial charge in [0.1, 0.15) is 17.4 Å². The highest BCUT2D eigenvalue weighted by Gasteiger charge is 2.41. The first-order chi connectivity index (χ1) is 11.5. The Labute approximate surface area is 139 Å². The topological polar surface area (TPSA) is 60.0 Å². The summed E-state index contributed by atoms with van der Waals surface area (Å²) in [5.41, 5.74) is 9.14. The first-order valence-electron chi connectivity index (χ1n) is 7.94. The number of benzene rings is 2. The number of fused-ring (bicyclic) bond motifs is 2. The second kappa shape index (κ2) is 5.16. The lowest BCUT2D eigenvalue weighted by Crippen LogP contribution is -2.28. The van der Waals surface area contributed by atoms with E-state index >= 15 is 0 Å². The second-order valence-corrected chi connectivity index (χ2v) is 6.30. The third kappa shape index (κ3) is 2.19. The zero-order valence-corrected chi connectivity index (χ0v) is 13.6. The van der Waals surface area contributed by atoms with E-state index in [0.717, 1.165) is 28.2 Å². The van der Waals surface area contributed by atoms with Gasteiger partial charge in [-0.05, 0) is 43.7 Å². The molecule has 0 bridgehead atoms. The molecule has 0 fully saturated rings. The van der Waals surface area contributed by atoms with Crippen molar-refractivity contribution in [1.82, 2.24) is 0 Å². The molecule has 2 aromatic rings. The molecule has 2 N–H and O–H groups in total. The van der Waals surface area contributed by atoms with E-state index < -0.39 is 5.66 Å². The molecule has 1 spiro atoms. The molecule has 0 saturated heterocycles. The fourth-order valence-corrected chi connectivity index (χ4v) is 3.31. The summed E-state index contributed by atoms with van der Waals surface area (Å²) in [6, 6.07) is 10.7. The third-order valence-electron chi connectivity index (χ3n) is 4.58. The summed E-state index contributed by atoms with van der Waals surface area (Å²) in [6.07, 6.45) is 0.623. The van der Waals surface area contributed by atoms with Crippen molar-refractivity contribution in [3.05, 3.63) is 53.3 Å². The number of hydrogen-bond acceptors (Lipinski definition) is 4. The number of aryl methyl sites for hydroxylation is 1. The van der Waals surface area contributed by atoms with Crippen LogP contribution < -0.4 is 10.5 Å². The van der Waals surface area contributed by atoms with Gasteiger partial charge in [0.25, 0.3) is 0 Å². The molecule has 0 aromatic heterocycles. The van der Waals surface area contributed by atoms with E-state index in [4.69, 9.17) is 15.5 Å². The minimum Gasteiger partial charge on any atom is -0.493 e. The Kier molecular flexibility index (Phi) is 3.20. The van der Waals surface area contributed by atoms with E-state index in [9.17, 15) is 4.39 Å². The Balaban J connectivity index is 1.90. The monoisotopic (exact) mass is 323 g/mol. The van der Waals surface area contributed by atoms with Crippen LogP contribution in [0, 0.1) is 12.7 Å². The Morgan fingerprint density at radius 2 is 1.96 bits per heavy atom. The van der Waals surface area contributed by atoms with Crippen molar-refractivity contribution in [2.75, 3.05) is 6.61 Å². The molecule has 2 aliphatic rings. The molecule has 0 aliphatic carbocycles. The molecule has 0 radical (unpaired) electrons. The van der Waals surface area contributed by atoms with Gasteiger partial charge in [-0.25, -0.2) is 9.38 Å². The number of ether oxygens (including phenoxy) is 1. The largest absolute Gasteiger partial charge is 0.493 e. The third-order valence-corrected chi connectivity index (χ3v) is 4.58. The van der Waals surface area contributed by atoms with Crippen LogP contribution >= 0.6 is 0 Å². The minimum atomic E-state index is -0.738. The van der Waals surface area contributed by atoms with Gasteiger partial charge in [0.15, 0.2) is 5.66 Å². The van der Waals surface area contributed by atoms with E-state index in [1.165, 1.54) is 6.07 Å². The lowest BCUT2D eigenvalue weighted by Gasteiger charge is -2.31. The lowest BCUT2D eigenvalue weighted by molar-refractivity contribution is 0.225.